The van der Waals surface area contributed by atoms with Gasteiger partial charge in [-0.2, -0.15) is 5.10 Å². The van der Waals surface area contributed by atoms with Crippen LogP contribution in [0.1, 0.15) is 61.9 Å². The summed E-state index contributed by atoms with van der Waals surface area (Å²) in [5, 5.41) is 11.8. The predicted molar refractivity (Wildman–Crippen MR) is 107 cm³/mol. The molecule has 0 saturated carbocycles. The van der Waals surface area contributed by atoms with Crippen LogP contribution >= 0.6 is 0 Å². The lowest BCUT2D eigenvalue weighted by atomic mass is 9.94. The molecule has 3 heterocycles. The Morgan fingerprint density at radius 1 is 1.30 bits per heavy atom. The zero-order chi connectivity index (χ0) is 18.8. The summed E-state index contributed by atoms with van der Waals surface area (Å²) in [6.07, 6.45) is 11.1. The van der Waals surface area contributed by atoms with E-state index >= 15 is 0 Å². The third-order valence-corrected chi connectivity index (χ3v) is 5.59. The maximum atomic E-state index is 4.77. The highest BCUT2D eigenvalue weighted by atomic mass is 15.3. The van der Waals surface area contributed by atoms with Gasteiger partial charge in [-0.25, -0.2) is 4.98 Å². The van der Waals surface area contributed by atoms with E-state index in [0.29, 0.717) is 18.6 Å². The lowest BCUT2D eigenvalue weighted by Gasteiger charge is -2.24. The molecular formula is C20H31N7. The molecule has 27 heavy (non-hydrogen) atoms. The summed E-state index contributed by atoms with van der Waals surface area (Å²) in [5.41, 5.74) is 3.72. The van der Waals surface area contributed by atoms with E-state index in [4.69, 9.17) is 10.1 Å². The molecule has 1 aliphatic heterocycles. The van der Waals surface area contributed by atoms with Gasteiger partial charge in [0.15, 0.2) is 5.96 Å². The summed E-state index contributed by atoms with van der Waals surface area (Å²) in [5.74, 6) is 2.07. The number of nitrogens with one attached hydrogen (secondary N) is 2. The van der Waals surface area contributed by atoms with Gasteiger partial charge in [0.2, 0.25) is 0 Å². The molecule has 0 spiro atoms. The van der Waals surface area contributed by atoms with Crippen molar-refractivity contribution in [2.24, 2.45) is 4.99 Å². The predicted octanol–water partition coefficient (Wildman–Crippen LogP) is 2.22. The van der Waals surface area contributed by atoms with Crippen LogP contribution in [0, 0.1) is 0 Å². The normalized spacial score (nSPS) is 19.7. The molecule has 7 heteroatoms. The third-order valence-electron chi connectivity index (χ3n) is 5.59. The number of nitrogens with zero attached hydrogens (tertiary/aromatic N) is 5. The fourth-order valence-corrected chi connectivity index (χ4v) is 4.02. The molecule has 0 bridgehead atoms. The number of guanidine groups is 1. The average molecular weight is 370 g/mol. The molecule has 0 amide bonds. The molecule has 0 fully saturated rings. The van der Waals surface area contributed by atoms with E-state index in [2.05, 4.69) is 51.1 Å². The van der Waals surface area contributed by atoms with Gasteiger partial charge in [0.1, 0.15) is 5.82 Å². The lowest BCUT2D eigenvalue weighted by molar-refractivity contribution is 0.499. The fourth-order valence-electron chi connectivity index (χ4n) is 4.02. The third kappa shape index (κ3) is 4.01. The van der Waals surface area contributed by atoms with Crippen molar-refractivity contribution in [3.8, 4) is 0 Å². The zero-order valence-corrected chi connectivity index (χ0v) is 16.7. The first-order valence-electron chi connectivity index (χ1n) is 10.2. The molecule has 7 nitrogen and oxygen atoms in total. The monoisotopic (exact) mass is 369 g/mol. The Kier molecular flexibility index (Phi) is 5.18. The van der Waals surface area contributed by atoms with E-state index in [0.717, 1.165) is 43.9 Å². The van der Waals surface area contributed by atoms with Gasteiger partial charge in [-0.3, -0.25) is 9.67 Å². The van der Waals surface area contributed by atoms with Gasteiger partial charge in [-0.05, 0) is 45.1 Å². The molecule has 1 aliphatic carbocycles. The van der Waals surface area contributed by atoms with Crippen LogP contribution in [0.3, 0.4) is 0 Å². The average Bonchev–Trinajstić information content (AvgIpc) is 3.28. The number of hydrogen-bond acceptors (Lipinski definition) is 3. The summed E-state index contributed by atoms with van der Waals surface area (Å²) in [4.78, 5) is 9.16. The van der Waals surface area contributed by atoms with Crippen molar-refractivity contribution in [3.05, 3.63) is 35.2 Å². The molecule has 0 radical (unpaired) electrons. The van der Waals surface area contributed by atoms with Crippen molar-refractivity contribution in [1.29, 1.82) is 0 Å². The number of aromatic nitrogens is 4. The highest BCUT2D eigenvalue weighted by molar-refractivity contribution is 5.80. The largest absolute Gasteiger partial charge is 0.353 e. The highest BCUT2D eigenvalue weighted by Gasteiger charge is 2.23. The van der Waals surface area contributed by atoms with Crippen LogP contribution in [0.15, 0.2) is 17.4 Å². The maximum Gasteiger partial charge on any atom is 0.191 e. The maximum absolute atomic E-state index is 4.77. The molecule has 2 N–H and O–H groups in total. The second kappa shape index (κ2) is 7.74. The van der Waals surface area contributed by atoms with Gasteiger partial charge in [-0.15, -0.1) is 0 Å². The first kappa shape index (κ1) is 18.1. The van der Waals surface area contributed by atoms with E-state index in [1.807, 2.05) is 7.05 Å². The number of aryl methyl sites for hydroxylation is 3. The quantitative estimate of drug-likeness (QED) is 0.640. The second-order valence-corrected chi connectivity index (χ2v) is 7.98. The fraction of sp³-hybridized carbons (Fsp3) is 0.650. The van der Waals surface area contributed by atoms with E-state index in [-0.39, 0.29) is 0 Å². The minimum atomic E-state index is 0.370. The standard InChI is InChI=1S/C20H31N7/c1-14(2)27-12-15-7-8-16(10-18(15)25-27)24-20(21-3)22-11-17-13-26-9-5-4-6-19(26)23-17/h12-14,16H,4-11H2,1-3H3,(H2,21,22,24). The van der Waals surface area contributed by atoms with Crippen molar-refractivity contribution >= 4 is 5.96 Å². The molecule has 4 rings (SSSR count). The van der Waals surface area contributed by atoms with Crippen LogP contribution in [0.4, 0.5) is 0 Å². The van der Waals surface area contributed by atoms with Crippen molar-refractivity contribution in [3.63, 3.8) is 0 Å². The van der Waals surface area contributed by atoms with E-state index in [9.17, 15) is 0 Å². The van der Waals surface area contributed by atoms with Gasteiger partial charge in [0.05, 0.1) is 17.9 Å². The van der Waals surface area contributed by atoms with E-state index in [1.165, 1.54) is 29.9 Å². The topological polar surface area (TPSA) is 72.1 Å². The first-order chi connectivity index (χ1) is 13.1. The van der Waals surface area contributed by atoms with E-state index in [1.54, 1.807) is 0 Å². The summed E-state index contributed by atoms with van der Waals surface area (Å²) < 4.78 is 4.38. The van der Waals surface area contributed by atoms with Crippen LogP contribution in [0.25, 0.3) is 0 Å². The SMILES string of the molecule is CN=C(NCc1cn2c(n1)CCCC2)NC1CCc2cn(C(C)C)nc2C1. The summed E-state index contributed by atoms with van der Waals surface area (Å²) in [7, 11) is 1.83. The van der Waals surface area contributed by atoms with Crippen molar-refractivity contribution in [1.82, 2.24) is 30.0 Å². The van der Waals surface area contributed by atoms with Crippen LogP contribution in [-0.4, -0.2) is 38.4 Å². The van der Waals surface area contributed by atoms with Crippen LogP contribution in [-0.2, 0) is 32.4 Å². The van der Waals surface area contributed by atoms with Crippen LogP contribution in [0.5, 0.6) is 0 Å². The lowest BCUT2D eigenvalue weighted by Crippen LogP contribution is -2.45. The van der Waals surface area contributed by atoms with Gasteiger partial charge in [0, 0.05) is 50.9 Å². The van der Waals surface area contributed by atoms with Crippen molar-refractivity contribution in [2.75, 3.05) is 7.05 Å². The Morgan fingerprint density at radius 2 is 2.19 bits per heavy atom. The van der Waals surface area contributed by atoms with Crippen LogP contribution < -0.4 is 10.6 Å². The van der Waals surface area contributed by atoms with Gasteiger partial charge in [-0.1, -0.05) is 0 Å². The zero-order valence-electron chi connectivity index (χ0n) is 16.7. The van der Waals surface area contributed by atoms with Gasteiger partial charge in [0.25, 0.3) is 0 Å². The summed E-state index contributed by atoms with van der Waals surface area (Å²) in [6, 6.07) is 0.784. The Morgan fingerprint density at radius 3 is 2.96 bits per heavy atom. The Hall–Kier alpha value is -2.31. The molecule has 2 aliphatic rings. The summed E-state index contributed by atoms with van der Waals surface area (Å²) >= 11 is 0. The minimum Gasteiger partial charge on any atom is -0.353 e. The number of fused-ring (bicyclic) bond motifs is 2. The number of hydrogen-bond donors (Lipinski definition) is 2. The summed E-state index contributed by atoms with van der Waals surface area (Å²) in [6.45, 7) is 6.16. The number of aliphatic imine (C=N–C) groups is 1. The molecule has 2 aromatic heterocycles. The Labute approximate surface area is 161 Å². The molecule has 1 unspecified atom stereocenters. The smallest absolute Gasteiger partial charge is 0.191 e. The molecule has 0 aromatic carbocycles. The first-order valence-corrected chi connectivity index (χ1v) is 10.2. The Balaban J connectivity index is 1.33. The minimum absolute atomic E-state index is 0.370. The molecular weight excluding hydrogens is 338 g/mol. The highest BCUT2D eigenvalue weighted by Crippen LogP contribution is 2.21. The van der Waals surface area contributed by atoms with Crippen molar-refractivity contribution in [2.45, 2.75) is 77.5 Å². The molecule has 1 atom stereocenters. The number of rotatable bonds is 4. The Bertz CT molecular complexity index is 791. The van der Waals surface area contributed by atoms with Crippen molar-refractivity contribution < 1.29 is 0 Å². The second-order valence-electron chi connectivity index (χ2n) is 7.98. The molecule has 146 valence electrons. The van der Waals surface area contributed by atoms with E-state index < -0.39 is 0 Å². The van der Waals surface area contributed by atoms with Gasteiger partial charge < -0.3 is 15.2 Å². The molecule has 0 saturated heterocycles. The molecule has 2 aromatic rings. The number of imidazole rings is 1. The van der Waals surface area contributed by atoms with Gasteiger partial charge >= 0.3 is 0 Å². The van der Waals surface area contributed by atoms with Crippen LogP contribution in [0.2, 0.25) is 0 Å².